The first-order chi connectivity index (χ1) is 13.3. The lowest BCUT2D eigenvalue weighted by Crippen LogP contribution is -2.39. The molecule has 0 aliphatic carbocycles. The molecule has 2 aromatic heterocycles. The minimum Gasteiger partial charge on any atom is -0.488 e. The van der Waals surface area contributed by atoms with Gasteiger partial charge in [0.1, 0.15) is 17.7 Å². The fourth-order valence-electron chi connectivity index (χ4n) is 3.24. The van der Waals surface area contributed by atoms with Crippen LogP contribution in [0.2, 0.25) is 0 Å². The van der Waals surface area contributed by atoms with Crippen molar-refractivity contribution in [2.45, 2.75) is 25.9 Å². The van der Waals surface area contributed by atoms with Gasteiger partial charge in [-0.25, -0.2) is 4.99 Å². The Morgan fingerprint density at radius 2 is 2.04 bits per heavy atom. The fraction of sp³-hybridized carbons (Fsp3) is 0.350. The summed E-state index contributed by atoms with van der Waals surface area (Å²) in [6.45, 7) is 4.22. The van der Waals surface area contributed by atoms with Crippen molar-refractivity contribution in [3.63, 3.8) is 0 Å². The molecule has 1 unspecified atom stereocenters. The van der Waals surface area contributed by atoms with Crippen LogP contribution in [0.5, 0.6) is 5.75 Å². The zero-order valence-corrected chi connectivity index (χ0v) is 18.2. The van der Waals surface area contributed by atoms with Crippen LogP contribution in [0.1, 0.15) is 18.3 Å². The van der Waals surface area contributed by atoms with Crippen molar-refractivity contribution in [1.29, 1.82) is 0 Å². The molecule has 4 rings (SSSR count). The number of benzene rings is 1. The molecule has 7 nitrogen and oxygen atoms in total. The van der Waals surface area contributed by atoms with Gasteiger partial charge < -0.3 is 15.4 Å². The summed E-state index contributed by atoms with van der Waals surface area (Å²) in [5, 5.41) is 15.1. The number of halogens is 1. The molecule has 8 heteroatoms. The summed E-state index contributed by atoms with van der Waals surface area (Å²) in [6, 6.07) is 14.1. The van der Waals surface area contributed by atoms with E-state index in [0.29, 0.717) is 6.54 Å². The largest absolute Gasteiger partial charge is 0.488 e. The van der Waals surface area contributed by atoms with E-state index in [4.69, 9.17) is 4.74 Å². The van der Waals surface area contributed by atoms with Gasteiger partial charge >= 0.3 is 0 Å². The highest BCUT2D eigenvalue weighted by molar-refractivity contribution is 14.0. The molecule has 1 atom stereocenters. The van der Waals surface area contributed by atoms with Crippen LogP contribution >= 0.6 is 24.0 Å². The molecule has 0 bridgehead atoms. The number of rotatable bonds is 6. The second-order valence-corrected chi connectivity index (χ2v) is 6.49. The maximum absolute atomic E-state index is 5.96. The van der Waals surface area contributed by atoms with Gasteiger partial charge in [-0.05, 0) is 30.7 Å². The Labute approximate surface area is 181 Å². The highest BCUT2D eigenvalue weighted by Crippen LogP contribution is 2.28. The molecule has 0 fully saturated rings. The van der Waals surface area contributed by atoms with E-state index in [1.54, 1.807) is 0 Å². The summed E-state index contributed by atoms with van der Waals surface area (Å²) < 4.78 is 7.97. The number of hydrogen-bond acceptors (Lipinski definition) is 4. The molecule has 148 valence electrons. The van der Waals surface area contributed by atoms with Crippen molar-refractivity contribution in [2.75, 3.05) is 19.6 Å². The summed E-state index contributed by atoms with van der Waals surface area (Å²) in [5.41, 5.74) is 2.13. The molecule has 1 aromatic carbocycles. The van der Waals surface area contributed by atoms with Gasteiger partial charge in [-0.3, -0.25) is 4.40 Å². The minimum atomic E-state index is 0. The molecule has 28 heavy (non-hydrogen) atoms. The lowest BCUT2D eigenvalue weighted by molar-refractivity contribution is 0.241. The Morgan fingerprint density at radius 1 is 1.18 bits per heavy atom. The predicted octanol–water partition coefficient (Wildman–Crippen LogP) is 2.45. The van der Waals surface area contributed by atoms with Gasteiger partial charge in [0.15, 0.2) is 11.6 Å². The molecule has 3 aromatic rings. The Bertz CT molecular complexity index is 916. The Kier molecular flexibility index (Phi) is 7.07. The van der Waals surface area contributed by atoms with Crippen molar-refractivity contribution >= 4 is 35.6 Å². The second kappa shape index (κ2) is 9.72. The second-order valence-electron chi connectivity index (χ2n) is 6.49. The average molecular weight is 492 g/mol. The first kappa shape index (κ1) is 20.4. The number of aromatic nitrogens is 3. The SMILES string of the molecule is CCNC(=NCC1Cc2ccccc2O1)NCCc1nnc2ccccn12.I. The van der Waals surface area contributed by atoms with E-state index < -0.39 is 0 Å². The van der Waals surface area contributed by atoms with Gasteiger partial charge in [-0.15, -0.1) is 34.2 Å². The molecule has 0 amide bonds. The quantitative estimate of drug-likeness (QED) is 0.314. The molecule has 0 radical (unpaired) electrons. The van der Waals surface area contributed by atoms with Crippen molar-refractivity contribution < 1.29 is 4.74 Å². The number of para-hydroxylation sites is 1. The number of fused-ring (bicyclic) bond motifs is 2. The maximum Gasteiger partial charge on any atom is 0.191 e. The zero-order valence-electron chi connectivity index (χ0n) is 15.8. The topological polar surface area (TPSA) is 75.8 Å². The van der Waals surface area contributed by atoms with Crippen LogP contribution in [0, 0.1) is 0 Å². The predicted molar refractivity (Wildman–Crippen MR) is 121 cm³/mol. The molecule has 1 aliphatic rings. The van der Waals surface area contributed by atoms with Crippen LogP contribution in [0.15, 0.2) is 53.7 Å². The summed E-state index contributed by atoms with van der Waals surface area (Å²) in [7, 11) is 0. The average Bonchev–Trinajstić information content (AvgIpc) is 3.30. The van der Waals surface area contributed by atoms with E-state index in [-0.39, 0.29) is 30.1 Å². The highest BCUT2D eigenvalue weighted by atomic mass is 127. The van der Waals surface area contributed by atoms with Crippen LogP contribution in [0.4, 0.5) is 0 Å². The third-order valence-electron chi connectivity index (χ3n) is 4.54. The van der Waals surface area contributed by atoms with Crippen molar-refractivity contribution in [3.8, 4) is 5.75 Å². The van der Waals surface area contributed by atoms with Crippen LogP contribution in [-0.4, -0.2) is 46.3 Å². The lowest BCUT2D eigenvalue weighted by Gasteiger charge is -2.13. The number of aliphatic imine (C=N–C) groups is 1. The number of guanidine groups is 1. The van der Waals surface area contributed by atoms with Gasteiger partial charge in [0.05, 0.1) is 6.54 Å². The first-order valence-corrected chi connectivity index (χ1v) is 9.39. The molecular weight excluding hydrogens is 467 g/mol. The van der Waals surface area contributed by atoms with E-state index in [1.165, 1.54) is 5.56 Å². The molecule has 0 spiro atoms. The van der Waals surface area contributed by atoms with E-state index in [1.807, 2.05) is 47.0 Å². The third kappa shape index (κ3) is 4.73. The van der Waals surface area contributed by atoms with E-state index in [9.17, 15) is 0 Å². The Morgan fingerprint density at radius 3 is 2.89 bits per heavy atom. The zero-order chi connectivity index (χ0) is 18.5. The summed E-state index contributed by atoms with van der Waals surface area (Å²) in [6.07, 6.45) is 3.75. The monoisotopic (exact) mass is 492 g/mol. The Hall–Kier alpha value is -2.36. The van der Waals surface area contributed by atoms with Crippen LogP contribution in [0.25, 0.3) is 5.65 Å². The first-order valence-electron chi connectivity index (χ1n) is 9.39. The van der Waals surface area contributed by atoms with E-state index in [0.717, 1.165) is 49.1 Å². The number of nitrogens with zero attached hydrogens (tertiary/aromatic N) is 4. The molecule has 0 saturated heterocycles. The highest BCUT2D eigenvalue weighted by Gasteiger charge is 2.21. The van der Waals surface area contributed by atoms with Gasteiger partial charge in [0.2, 0.25) is 0 Å². The van der Waals surface area contributed by atoms with Gasteiger partial charge in [-0.1, -0.05) is 24.3 Å². The number of hydrogen-bond donors (Lipinski definition) is 2. The fourth-order valence-corrected chi connectivity index (χ4v) is 3.24. The molecule has 3 heterocycles. The van der Waals surface area contributed by atoms with E-state index in [2.05, 4.69) is 38.8 Å². The van der Waals surface area contributed by atoms with Crippen LogP contribution < -0.4 is 15.4 Å². The van der Waals surface area contributed by atoms with Crippen molar-refractivity contribution in [1.82, 2.24) is 25.2 Å². The van der Waals surface area contributed by atoms with Gasteiger partial charge in [0, 0.05) is 32.1 Å². The van der Waals surface area contributed by atoms with Crippen LogP contribution in [0.3, 0.4) is 0 Å². The number of ether oxygens (including phenoxy) is 1. The normalized spacial score (nSPS) is 15.6. The summed E-state index contributed by atoms with van der Waals surface area (Å²) in [4.78, 5) is 4.69. The molecule has 1 aliphatic heterocycles. The van der Waals surface area contributed by atoms with E-state index >= 15 is 0 Å². The van der Waals surface area contributed by atoms with Gasteiger partial charge in [0.25, 0.3) is 0 Å². The third-order valence-corrected chi connectivity index (χ3v) is 4.54. The van der Waals surface area contributed by atoms with Crippen LogP contribution in [-0.2, 0) is 12.8 Å². The summed E-state index contributed by atoms with van der Waals surface area (Å²) in [5.74, 6) is 2.71. The Balaban J connectivity index is 0.00000225. The number of pyridine rings is 1. The lowest BCUT2D eigenvalue weighted by atomic mass is 10.1. The molecule has 0 saturated carbocycles. The number of nitrogens with one attached hydrogen (secondary N) is 2. The smallest absolute Gasteiger partial charge is 0.191 e. The van der Waals surface area contributed by atoms with Crippen molar-refractivity contribution in [3.05, 3.63) is 60.0 Å². The standard InChI is InChI=1S/C20H24N6O.HI/c1-2-21-20(23-14-16-13-15-7-3-4-8-17(15)27-16)22-11-10-19-25-24-18-9-5-6-12-26(18)19;/h3-9,12,16H,2,10-11,13-14H2,1H3,(H2,21,22,23);1H. The van der Waals surface area contributed by atoms with Crippen molar-refractivity contribution in [2.24, 2.45) is 4.99 Å². The molecule has 2 N–H and O–H groups in total. The van der Waals surface area contributed by atoms with Gasteiger partial charge in [-0.2, -0.15) is 0 Å². The minimum absolute atomic E-state index is 0. The molecular formula is C20H25IN6O. The maximum atomic E-state index is 5.96. The summed E-state index contributed by atoms with van der Waals surface area (Å²) >= 11 is 0.